The Balaban J connectivity index is 2.28. The first kappa shape index (κ1) is 4.48. The lowest BCUT2D eigenvalue weighted by atomic mass is 10.6. The highest BCUT2D eigenvalue weighted by molar-refractivity contribution is 7.51. The van der Waals surface area contributed by atoms with Crippen molar-refractivity contribution in [3.63, 3.8) is 0 Å². The van der Waals surface area contributed by atoms with Crippen LogP contribution in [-0.4, -0.2) is 5.97 Å². The molecule has 2 bridgehead atoms. The molecule has 8 heavy (non-hydrogen) atoms. The fraction of sp³-hybridized carbons (Fsp3) is 0.500. The van der Waals surface area contributed by atoms with Gasteiger partial charge in [0.1, 0.15) is 0 Å². The van der Waals surface area contributed by atoms with Gasteiger partial charge in [-0.1, -0.05) is 0 Å². The molecular weight excluding hydrogens is 133 g/mol. The van der Waals surface area contributed by atoms with Crippen LogP contribution in [0.4, 0.5) is 0 Å². The van der Waals surface area contributed by atoms with Crippen LogP contribution in [0.25, 0.3) is 0 Å². The van der Waals surface area contributed by atoms with Crippen molar-refractivity contribution in [2.45, 2.75) is 5.97 Å². The van der Waals surface area contributed by atoms with Crippen LogP contribution in [-0.2, 0) is 18.1 Å². The summed E-state index contributed by atoms with van der Waals surface area (Å²) < 4.78 is 23.2. The van der Waals surface area contributed by atoms with E-state index in [0.29, 0.717) is 0 Å². The second-order valence-electron chi connectivity index (χ2n) is 1.39. The van der Waals surface area contributed by atoms with Crippen LogP contribution in [0.3, 0.4) is 0 Å². The van der Waals surface area contributed by atoms with E-state index in [2.05, 4.69) is 13.6 Å². The van der Waals surface area contributed by atoms with Crippen molar-refractivity contribution in [1.29, 1.82) is 5.26 Å². The first-order chi connectivity index (χ1) is 3.68. The van der Waals surface area contributed by atoms with E-state index in [-0.39, 0.29) is 0 Å². The lowest BCUT2D eigenvalue weighted by molar-refractivity contribution is -0.392. The molecule has 0 atom stereocenters. The summed E-state index contributed by atoms with van der Waals surface area (Å²) >= 11 is 0. The summed E-state index contributed by atoms with van der Waals surface area (Å²) in [6, 6.07) is 1.53. The summed E-state index contributed by atoms with van der Waals surface area (Å²) in [4.78, 5) is 0. The number of hydrogen-bond donors (Lipinski definition) is 0. The predicted molar refractivity (Wildman–Crippen MR) is 19.2 cm³/mol. The monoisotopic (exact) mass is 133 g/mol. The number of rotatable bonds is 0. The number of phosphoric acid groups is 1. The third-order valence-corrected chi connectivity index (χ3v) is 2.22. The van der Waals surface area contributed by atoms with Crippen LogP contribution in [0, 0.1) is 11.3 Å². The number of phosphoric ester groups is 1. The minimum atomic E-state index is -3.13. The van der Waals surface area contributed by atoms with Gasteiger partial charge in [0.15, 0.2) is 6.07 Å². The first-order valence-corrected chi connectivity index (χ1v) is 3.28. The van der Waals surface area contributed by atoms with Gasteiger partial charge in [-0.2, -0.15) is 5.26 Å². The molecule has 0 unspecified atom stereocenters. The highest BCUT2D eigenvalue weighted by Crippen LogP contribution is 2.79. The summed E-state index contributed by atoms with van der Waals surface area (Å²) in [5.74, 6) is -1.59. The molecule has 3 fully saturated rings. The molecule has 42 valence electrons. The molecule has 3 rings (SSSR count). The Hall–Kier alpha value is -0.400. The average Bonchev–Trinajstić information content (AvgIpc) is 1.55. The Morgan fingerprint density at radius 1 is 1.50 bits per heavy atom. The molecule has 3 aliphatic rings. The number of nitriles is 1. The number of hydrogen-bond acceptors (Lipinski definition) is 5. The topological polar surface area (TPSA) is 68.5 Å². The molecule has 0 aromatic carbocycles. The van der Waals surface area contributed by atoms with Gasteiger partial charge < -0.3 is 0 Å². The molecular formula is C2NO4P. The maximum Gasteiger partial charge on any atom is 0.490 e. The van der Waals surface area contributed by atoms with E-state index < -0.39 is 13.8 Å². The maximum atomic E-state index is 10.3. The molecule has 0 N–H and O–H groups in total. The summed E-state index contributed by atoms with van der Waals surface area (Å²) in [5, 5.41) is 8.05. The van der Waals surface area contributed by atoms with Gasteiger partial charge in [0, 0.05) is 0 Å². The molecule has 6 heteroatoms. The quantitative estimate of drug-likeness (QED) is 0.446. The SMILES string of the molecule is N#CC12OP(=O)(O1)O2. The standard InChI is InChI=1S/C2NO4P/c3-1-2-5-8(4,6-2)7-2. The second-order valence-corrected chi connectivity index (χ2v) is 2.83. The van der Waals surface area contributed by atoms with E-state index in [0.717, 1.165) is 0 Å². The second kappa shape index (κ2) is 0.850. The predicted octanol–water partition coefficient (Wildman–Crippen LogP) is 0.349. The van der Waals surface area contributed by atoms with Crippen LogP contribution in [0.2, 0.25) is 0 Å². The molecule has 5 nitrogen and oxygen atoms in total. The molecule has 3 aliphatic heterocycles. The zero-order chi connectivity index (χ0) is 5.83. The normalized spacial score (nSPS) is 57.9. The van der Waals surface area contributed by atoms with E-state index >= 15 is 0 Å². The van der Waals surface area contributed by atoms with Gasteiger partial charge in [-0.3, -0.25) is 0 Å². The molecule has 3 saturated heterocycles. The summed E-state index contributed by atoms with van der Waals surface area (Å²) in [6.07, 6.45) is 0. The zero-order valence-electron chi connectivity index (χ0n) is 3.53. The third kappa shape index (κ3) is 0.279. The van der Waals surface area contributed by atoms with Crippen LogP contribution in [0.5, 0.6) is 0 Å². The highest BCUT2D eigenvalue weighted by Gasteiger charge is 2.76. The van der Waals surface area contributed by atoms with Crippen LogP contribution in [0.15, 0.2) is 0 Å². The number of nitrogens with zero attached hydrogens (tertiary/aromatic N) is 1. The van der Waals surface area contributed by atoms with Crippen LogP contribution >= 0.6 is 7.82 Å². The van der Waals surface area contributed by atoms with Gasteiger partial charge in [0.25, 0.3) is 0 Å². The van der Waals surface area contributed by atoms with E-state index in [1.165, 1.54) is 6.07 Å². The first-order valence-electron chi connectivity index (χ1n) is 1.82. The van der Waals surface area contributed by atoms with Crippen molar-refractivity contribution in [3.05, 3.63) is 0 Å². The fourth-order valence-corrected chi connectivity index (χ4v) is 1.57. The van der Waals surface area contributed by atoms with E-state index in [4.69, 9.17) is 5.26 Å². The van der Waals surface area contributed by atoms with Crippen molar-refractivity contribution >= 4 is 7.82 Å². The Morgan fingerprint density at radius 2 is 2.00 bits per heavy atom. The van der Waals surface area contributed by atoms with E-state index in [1.807, 2.05) is 0 Å². The summed E-state index contributed by atoms with van der Waals surface area (Å²) in [7, 11) is -3.13. The fourth-order valence-electron chi connectivity index (χ4n) is 0.523. The lowest BCUT2D eigenvalue weighted by Gasteiger charge is -2.49. The van der Waals surface area contributed by atoms with Crippen LogP contribution < -0.4 is 0 Å². The Bertz CT molecular complexity index is 202. The molecule has 0 aromatic heterocycles. The largest absolute Gasteiger partial charge is 0.490 e. The zero-order valence-corrected chi connectivity index (χ0v) is 4.42. The van der Waals surface area contributed by atoms with Gasteiger partial charge in [0.05, 0.1) is 0 Å². The van der Waals surface area contributed by atoms with Crippen molar-refractivity contribution in [1.82, 2.24) is 0 Å². The lowest BCUT2D eigenvalue weighted by Crippen LogP contribution is -2.55. The summed E-state index contributed by atoms with van der Waals surface area (Å²) in [6.45, 7) is 0. The van der Waals surface area contributed by atoms with Gasteiger partial charge in [-0.05, 0) is 0 Å². The maximum absolute atomic E-state index is 10.3. The molecule has 0 amide bonds. The van der Waals surface area contributed by atoms with Gasteiger partial charge in [-0.25, -0.2) is 18.1 Å². The van der Waals surface area contributed by atoms with Crippen molar-refractivity contribution in [3.8, 4) is 6.07 Å². The van der Waals surface area contributed by atoms with Crippen molar-refractivity contribution in [2.24, 2.45) is 0 Å². The molecule has 3 heterocycles. The molecule has 0 aromatic rings. The minimum Gasteiger partial charge on any atom is -0.227 e. The molecule has 0 aliphatic carbocycles. The molecule has 0 saturated carbocycles. The Labute approximate surface area is 44.4 Å². The molecule has 0 spiro atoms. The van der Waals surface area contributed by atoms with Gasteiger partial charge >= 0.3 is 13.8 Å². The Kier molecular flexibility index (Phi) is 0.476. The Morgan fingerprint density at radius 3 is 2.12 bits per heavy atom. The van der Waals surface area contributed by atoms with Crippen molar-refractivity contribution < 1.29 is 18.1 Å². The third-order valence-electron chi connectivity index (χ3n) is 0.833. The minimum absolute atomic E-state index is 1.53. The van der Waals surface area contributed by atoms with Gasteiger partial charge in [0.2, 0.25) is 0 Å². The average molecular weight is 133 g/mol. The van der Waals surface area contributed by atoms with Crippen molar-refractivity contribution in [2.75, 3.05) is 0 Å². The van der Waals surface area contributed by atoms with E-state index in [1.54, 1.807) is 0 Å². The summed E-state index contributed by atoms with van der Waals surface area (Å²) in [5.41, 5.74) is 0. The van der Waals surface area contributed by atoms with Crippen LogP contribution in [0.1, 0.15) is 0 Å². The smallest absolute Gasteiger partial charge is 0.227 e. The highest BCUT2D eigenvalue weighted by atomic mass is 31.2. The van der Waals surface area contributed by atoms with Gasteiger partial charge in [-0.15, -0.1) is 0 Å². The molecule has 0 radical (unpaired) electrons. The van der Waals surface area contributed by atoms with E-state index in [9.17, 15) is 4.57 Å².